The summed E-state index contributed by atoms with van der Waals surface area (Å²) in [6.07, 6.45) is 3.25. The molecule has 98 valence electrons. The van der Waals surface area contributed by atoms with E-state index < -0.39 is 0 Å². The molecule has 0 aliphatic carbocycles. The Balaban J connectivity index is 2.30. The fourth-order valence-electron chi connectivity index (χ4n) is 1.76. The number of nitrogens with two attached hydrogens (primary N) is 1. The van der Waals surface area contributed by atoms with Crippen LogP contribution in [0.4, 0.5) is 17.1 Å². The van der Waals surface area contributed by atoms with E-state index in [2.05, 4.69) is 10.3 Å². The van der Waals surface area contributed by atoms with Crippen molar-refractivity contribution in [2.75, 3.05) is 30.0 Å². The second-order valence-electron chi connectivity index (χ2n) is 4.37. The van der Waals surface area contributed by atoms with Crippen LogP contribution >= 0.6 is 0 Å². The number of nitrogen functional groups attached to an aromatic ring is 1. The number of carbonyl (C=O) groups is 1. The van der Waals surface area contributed by atoms with Crippen molar-refractivity contribution < 1.29 is 4.79 Å². The minimum Gasteiger partial charge on any atom is -0.399 e. The Morgan fingerprint density at radius 3 is 2.74 bits per heavy atom. The van der Waals surface area contributed by atoms with Crippen LogP contribution in [-0.2, 0) is 0 Å². The molecule has 0 saturated heterocycles. The fraction of sp³-hybridized carbons (Fsp3) is 0.143. The lowest BCUT2D eigenvalue weighted by Crippen LogP contribution is -2.18. The lowest BCUT2D eigenvalue weighted by molar-refractivity contribution is 0.102. The van der Waals surface area contributed by atoms with Gasteiger partial charge in [-0.25, -0.2) is 0 Å². The Hall–Kier alpha value is -2.56. The molecule has 0 atom stereocenters. The molecule has 0 unspecified atom stereocenters. The maximum absolute atomic E-state index is 12.3. The summed E-state index contributed by atoms with van der Waals surface area (Å²) < 4.78 is 0. The normalized spacial score (nSPS) is 10.0. The molecule has 0 bridgehead atoms. The largest absolute Gasteiger partial charge is 0.399 e. The van der Waals surface area contributed by atoms with Crippen molar-refractivity contribution in [1.29, 1.82) is 0 Å². The summed E-state index contributed by atoms with van der Waals surface area (Å²) in [7, 11) is 3.76. The smallest absolute Gasteiger partial charge is 0.257 e. The third-order valence-electron chi connectivity index (χ3n) is 2.67. The monoisotopic (exact) mass is 256 g/mol. The van der Waals surface area contributed by atoms with Gasteiger partial charge in [0.25, 0.3) is 5.91 Å². The fourth-order valence-corrected chi connectivity index (χ4v) is 1.76. The third-order valence-corrected chi connectivity index (χ3v) is 2.67. The molecule has 0 radical (unpaired) electrons. The summed E-state index contributed by atoms with van der Waals surface area (Å²) in [6.45, 7) is 0. The topological polar surface area (TPSA) is 71.2 Å². The lowest BCUT2D eigenvalue weighted by Gasteiger charge is -2.17. The van der Waals surface area contributed by atoms with Gasteiger partial charge in [0.15, 0.2) is 0 Å². The van der Waals surface area contributed by atoms with Crippen LogP contribution in [0, 0.1) is 0 Å². The first-order valence-electron chi connectivity index (χ1n) is 5.86. The summed E-state index contributed by atoms with van der Waals surface area (Å²) in [5.41, 5.74) is 8.31. The molecule has 1 aromatic carbocycles. The van der Waals surface area contributed by atoms with Gasteiger partial charge in [-0.05, 0) is 30.3 Å². The van der Waals surface area contributed by atoms with Crippen LogP contribution < -0.4 is 16.0 Å². The maximum atomic E-state index is 12.3. The van der Waals surface area contributed by atoms with Crippen molar-refractivity contribution >= 4 is 23.0 Å². The highest BCUT2D eigenvalue weighted by Gasteiger charge is 2.13. The Morgan fingerprint density at radius 2 is 2.11 bits per heavy atom. The molecule has 2 aromatic rings. The van der Waals surface area contributed by atoms with Crippen LogP contribution in [0.2, 0.25) is 0 Å². The molecule has 0 aliphatic rings. The molecule has 5 heteroatoms. The van der Waals surface area contributed by atoms with Gasteiger partial charge in [0, 0.05) is 31.7 Å². The number of nitrogens with one attached hydrogen (secondary N) is 1. The molecule has 2 rings (SSSR count). The molecule has 0 aliphatic heterocycles. The van der Waals surface area contributed by atoms with Crippen molar-refractivity contribution in [3.63, 3.8) is 0 Å². The van der Waals surface area contributed by atoms with Crippen molar-refractivity contribution in [1.82, 2.24) is 4.98 Å². The van der Waals surface area contributed by atoms with E-state index in [1.165, 1.54) is 0 Å². The van der Waals surface area contributed by atoms with Gasteiger partial charge in [-0.15, -0.1) is 0 Å². The molecule has 1 aromatic heterocycles. The zero-order chi connectivity index (χ0) is 13.8. The van der Waals surface area contributed by atoms with Crippen molar-refractivity contribution in [2.24, 2.45) is 0 Å². The molecule has 1 amide bonds. The molecular weight excluding hydrogens is 240 g/mol. The van der Waals surface area contributed by atoms with E-state index >= 15 is 0 Å². The second-order valence-corrected chi connectivity index (χ2v) is 4.37. The van der Waals surface area contributed by atoms with Gasteiger partial charge in [-0.3, -0.25) is 9.78 Å². The number of carbonyl (C=O) groups excluding carboxylic acids is 1. The number of hydrogen-bond acceptors (Lipinski definition) is 4. The molecular formula is C14H16N4O. The molecule has 19 heavy (non-hydrogen) atoms. The SMILES string of the molecule is CN(C)c1ccc(N)cc1C(=O)Nc1cccnc1. The van der Waals surface area contributed by atoms with Crippen LogP contribution in [0.3, 0.4) is 0 Å². The quantitative estimate of drug-likeness (QED) is 0.824. The first-order valence-corrected chi connectivity index (χ1v) is 5.86. The molecule has 0 fully saturated rings. The Bertz CT molecular complexity index is 581. The first kappa shape index (κ1) is 12.9. The molecule has 3 N–H and O–H groups in total. The number of nitrogens with zero attached hydrogens (tertiary/aromatic N) is 2. The lowest BCUT2D eigenvalue weighted by atomic mass is 10.1. The van der Waals surface area contributed by atoms with E-state index in [1.807, 2.05) is 25.1 Å². The van der Waals surface area contributed by atoms with Crippen LogP contribution in [0.5, 0.6) is 0 Å². The Labute approximate surface area is 112 Å². The zero-order valence-electron chi connectivity index (χ0n) is 10.9. The molecule has 1 heterocycles. The highest BCUT2D eigenvalue weighted by molar-refractivity contribution is 6.08. The Morgan fingerprint density at radius 1 is 1.32 bits per heavy atom. The van der Waals surface area contributed by atoms with Gasteiger partial charge in [0.05, 0.1) is 17.4 Å². The average molecular weight is 256 g/mol. The molecule has 0 spiro atoms. The second kappa shape index (κ2) is 5.39. The standard InChI is InChI=1S/C14H16N4O/c1-18(2)13-6-5-10(15)8-12(13)14(19)17-11-4-3-7-16-9-11/h3-9H,15H2,1-2H3,(H,17,19). The first-order chi connectivity index (χ1) is 9.08. The summed E-state index contributed by atoms with van der Waals surface area (Å²) in [4.78, 5) is 18.1. The van der Waals surface area contributed by atoms with Crippen molar-refractivity contribution in [3.05, 3.63) is 48.3 Å². The minimum atomic E-state index is -0.205. The summed E-state index contributed by atoms with van der Waals surface area (Å²) in [5, 5.41) is 2.80. The zero-order valence-corrected chi connectivity index (χ0v) is 10.9. The van der Waals surface area contributed by atoms with E-state index in [1.54, 1.807) is 36.7 Å². The van der Waals surface area contributed by atoms with Crippen molar-refractivity contribution in [2.45, 2.75) is 0 Å². The summed E-state index contributed by atoms with van der Waals surface area (Å²) in [5.74, 6) is -0.205. The number of amides is 1. The third kappa shape index (κ3) is 3.01. The number of anilines is 3. The van der Waals surface area contributed by atoms with Gasteiger partial charge >= 0.3 is 0 Å². The predicted molar refractivity (Wildman–Crippen MR) is 77.4 cm³/mol. The highest BCUT2D eigenvalue weighted by Crippen LogP contribution is 2.22. The summed E-state index contributed by atoms with van der Waals surface area (Å²) in [6, 6.07) is 8.82. The summed E-state index contributed by atoms with van der Waals surface area (Å²) >= 11 is 0. The minimum absolute atomic E-state index is 0.205. The van der Waals surface area contributed by atoms with Gasteiger partial charge in [-0.1, -0.05) is 0 Å². The van der Waals surface area contributed by atoms with Crippen molar-refractivity contribution in [3.8, 4) is 0 Å². The highest BCUT2D eigenvalue weighted by atomic mass is 16.1. The van der Waals surface area contributed by atoms with E-state index in [-0.39, 0.29) is 5.91 Å². The van der Waals surface area contributed by atoms with Gasteiger partial charge in [0.2, 0.25) is 0 Å². The van der Waals surface area contributed by atoms with Gasteiger partial charge < -0.3 is 16.0 Å². The van der Waals surface area contributed by atoms with E-state index in [9.17, 15) is 4.79 Å². The average Bonchev–Trinajstić information content (AvgIpc) is 2.39. The molecule has 0 saturated carbocycles. The number of aromatic nitrogens is 1. The van der Waals surface area contributed by atoms with E-state index in [0.29, 0.717) is 16.9 Å². The predicted octanol–water partition coefficient (Wildman–Crippen LogP) is 1.98. The molecule has 5 nitrogen and oxygen atoms in total. The van der Waals surface area contributed by atoms with Gasteiger partial charge in [0.1, 0.15) is 0 Å². The number of hydrogen-bond donors (Lipinski definition) is 2. The van der Waals surface area contributed by atoms with E-state index in [0.717, 1.165) is 5.69 Å². The Kier molecular flexibility index (Phi) is 3.66. The maximum Gasteiger partial charge on any atom is 0.257 e. The van der Waals surface area contributed by atoms with Crippen LogP contribution in [-0.4, -0.2) is 25.0 Å². The number of benzene rings is 1. The van der Waals surface area contributed by atoms with Crippen LogP contribution in [0.1, 0.15) is 10.4 Å². The van der Waals surface area contributed by atoms with E-state index in [4.69, 9.17) is 5.73 Å². The van der Waals surface area contributed by atoms with Crippen LogP contribution in [0.15, 0.2) is 42.7 Å². The number of pyridine rings is 1. The van der Waals surface area contributed by atoms with Crippen LogP contribution in [0.25, 0.3) is 0 Å². The number of rotatable bonds is 3. The van der Waals surface area contributed by atoms with Gasteiger partial charge in [-0.2, -0.15) is 0 Å².